The van der Waals surface area contributed by atoms with E-state index in [1.54, 1.807) is 13.3 Å². The van der Waals surface area contributed by atoms with Gasteiger partial charge in [-0.1, -0.05) is 0 Å². The van der Waals surface area contributed by atoms with Crippen LogP contribution in [0, 0.1) is 0 Å². The molecule has 0 saturated heterocycles. The average molecular weight is 166 g/mol. The fourth-order valence-corrected chi connectivity index (χ4v) is 0.944. The van der Waals surface area contributed by atoms with Crippen molar-refractivity contribution in [3.63, 3.8) is 0 Å². The summed E-state index contributed by atoms with van der Waals surface area (Å²) in [6.45, 7) is 4.18. The van der Waals surface area contributed by atoms with Crippen molar-refractivity contribution >= 4 is 5.69 Å². The minimum Gasteiger partial charge on any atom is -0.481 e. The van der Waals surface area contributed by atoms with Crippen LogP contribution in [0.2, 0.25) is 0 Å². The lowest BCUT2D eigenvalue weighted by Gasteiger charge is -2.09. The fourth-order valence-electron chi connectivity index (χ4n) is 0.944. The van der Waals surface area contributed by atoms with Gasteiger partial charge in [0.2, 0.25) is 5.88 Å². The highest BCUT2D eigenvalue weighted by Gasteiger charge is 1.97. The van der Waals surface area contributed by atoms with Crippen molar-refractivity contribution in [2.45, 2.75) is 19.9 Å². The lowest BCUT2D eigenvalue weighted by molar-refractivity contribution is 0.398. The molecule has 1 heterocycles. The molecule has 12 heavy (non-hydrogen) atoms. The average Bonchev–Trinajstić information content (AvgIpc) is 2.03. The molecule has 1 rings (SSSR count). The fraction of sp³-hybridized carbons (Fsp3) is 0.444. The van der Waals surface area contributed by atoms with Gasteiger partial charge in [0, 0.05) is 24.0 Å². The Morgan fingerprint density at radius 2 is 2.25 bits per heavy atom. The molecule has 3 heteroatoms. The second kappa shape index (κ2) is 3.95. The number of pyridine rings is 1. The Morgan fingerprint density at radius 3 is 2.83 bits per heavy atom. The molecule has 0 amide bonds. The first-order valence-corrected chi connectivity index (χ1v) is 3.99. The van der Waals surface area contributed by atoms with Crippen molar-refractivity contribution in [2.24, 2.45) is 0 Å². The number of nitrogens with zero attached hydrogens (tertiary/aromatic N) is 1. The Labute approximate surface area is 72.8 Å². The van der Waals surface area contributed by atoms with E-state index >= 15 is 0 Å². The van der Waals surface area contributed by atoms with E-state index in [0.29, 0.717) is 11.9 Å². The molecule has 0 saturated carbocycles. The zero-order chi connectivity index (χ0) is 8.97. The Bertz CT molecular complexity index is 248. The highest BCUT2D eigenvalue weighted by Crippen LogP contribution is 2.13. The Balaban J connectivity index is 2.72. The number of ether oxygens (including phenoxy) is 1. The first-order valence-electron chi connectivity index (χ1n) is 3.99. The van der Waals surface area contributed by atoms with Crippen molar-refractivity contribution < 1.29 is 4.74 Å². The van der Waals surface area contributed by atoms with Crippen LogP contribution in [0.5, 0.6) is 5.88 Å². The summed E-state index contributed by atoms with van der Waals surface area (Å²) in [5, 5.41) is 3.26. The maximum atomic E-state index is 4.99. The number of aromatic nitrogens is 1. The number of hydrogen-bond acceptors (Lipinski definition) is 3. The summed E-state index contributed by atoms with van der Waals surface area (Å²) in [4.78, 5) is 4.00. The molecule has 66 valence electrons. The number of nitrogens with one attached hydrogen (secondary N) is 1. The number of methoxy groups -OCH3 is 1. The molecule has 0 bridgehead atoms. The third-order valence-corrected chi connectivity index (χ3v) is 1.40. The van der Waals surface area contributed by atoms with Crippen molar-refractivity contribution in [3.05, 3.63) is 18.3 Å². The van der Waals surface area contributed by atoms with Crippen LogP contribution >= 0.6 is 0 Å². The van der Waals surface area contributed by atoms with Crippen LogP contribution in [0.1, 0.15) is 13.8 Å². The molecule has 1 aromatic heterocycles. The third kappa shape index (κ3) is 2.42. The van der Waals surface area contributed by atoms with Crippen LogP contribution in [-0.4, -0.2) is 18.1 Å². The molecule has 0 aliphatic carbocycles. The number of anilines is 1. The second-order valence-corrected chi connectivity index (χ2v) is 2.89. The van der Waals surface area contributed by atoms with E-state index in [2.05, 4.69) is 24.1 Å². The molecule has 0 radical (unpaired) electrons. The minimum absolute atomic E-state index is 0.428. The van der Waals surface area contributed by atoms with Gasteiger partial charge in [-0.3, -0.25) is 0 Å². The van der Waals surface area contributed by atoms with Crippen LogP contribution in [0.3, 0.4) is 0 Å². The van der Waals surface area contributed by atoms with Crippen molar-refractivity contribution in [2.75, 3.05) is 12.4 Å². The van der Waals surface area contributed by atoms with Crippen LogP contribution in [-0.2, 0) is 0 Å². The van der Waals surface area contributed by atoms with E-state index in [1.165, 1.54) is 0 Å². The predicted molar refractivity (Wildman–Crippen MR) is 49.5 cm³/mol. The van der Waals surface area contributed by atoms with Crippen LogP contribution in [0.15, 0.2) is 18.3 Å². The molecule has 1 N–H and O–H groups in total. The molecule has 1 aromatic rings. The van der Waals surface area contributed by atoms with Gasteiger partial charge < -0.3 is 10.1 Å². The number of hydrogen-bond donors (Lipinski definition) is 1. The minimum atomic E-state index is 0.428. The summed E-state index contributed by atoms with van der Waals surface area (Å²) < 4.78 is 4.99. The molecule has 0 atom stereocenters. The van der Waals surface area contributed by atoms with Crippen molar-refractivity contribution in [3.8, 4) is 5.88 Å². The summed E-state index contributed by atoms with van der Waals surface area (Å²) in [7, 11) is 1.61. The zero-order valence-corrected chi connectivity index (χ0v) is 7.66. The summed E-state index contributed by atoms with van der Waals surface area (Å²) in [6, 6.07) is 4.22. The van der Waals surface area contributed by atoms with E-state index < -0.39 is 0 Å². The number of rotatable bonds is 3. The quantitative estimate of drug-likeness (QED) is 0.744. The molecular weight excluding hydrogens is 152 g/mol. The first kappa shape index (κ1) is 8.84. The van der Waals surface area contributed by atoms with Gasteiger partial charge >= 0.3 is 0 Å². The van der Waals surface area contributed by atoms with Crippen molar-refractivity contribution in [1.29, 1.82) is 0 Å². The van der Waals surface area contributed by atoms with E-state index in [-0.39, 0.29) is 0 Å². The van der Waals surface area contributed by atoms with Gasteiger partial charge in [0.15, 0.2) is 0 Å². The van der Waals surface area contributed by atoms with Crippen LogP contribution in [0.25, 0.3) is 0 Å². The van der Waals surface area contributed by atoms with E-state index in [0.717, 1.165) is 5.69 Å². The summed E-state index contributed by atoms with van der Waals surface area (Å²) >= 11 is 0. The topological polar surface area (TPSA) is 34.1 Å². The molecule has 0 unspecified atom stereocenters. The Morgan fingerprint density at radius 1 is 1.50 bits per heavy atom. The van der Waals surface area contributed by atoms with Crippen LogP contribution in [0.4, 0.5) is 5.69 Å². The maximum absolute atomic E-state index is 4.99. The normalized spacial score (nSPS) is 10.0. The van der Waals surface area contributed by atoms with E-state index in [4.69, 9.17) is 4.74 Å². The van der Waals surface area contributed by atoms with Crippen molar-refractivity contribution in [1.82, 2.24) is 4.98 Å². The molecular formula is C9H14N2O. The van der Waals surface area contributed by atoms with Gasteiger partial charge in [-0.05, 0) is 19.9 Å². The van der Waals surface area contributed by atoms with Gasteiger partial charge in [-0.25, -0.2) is 4.98 Å². The Kier molecular flexibility index (Phi) is 2.91. The summed E-state index contributed by atoms with van der Waals surface area (Å²) in [6.07, 6.45) is 1.73. The molecule has 0 aliphatic heterocycles. The van der Waals surface area contributed by atoms with Gasteiger partial charge in [0.05, 0.1) is 7.11 Å². The van der Waals surface area contributed by atoms with Crippen LogP contribution < -0.4 is 10.1 Å². The standard InChI is InChI=1S/C9H14N2O/c1-7(2)11-8-4-5-10-9(6-8)12-3/h4-7H,1-3H3,(H,10,11). The third-order valence-electron chi connectivity index (χ3n) is 1.40. The van der Waals surface area contributed by atoms with Gasteiger partial charge in [0.1, 0.15) is 0 Å². The second-order valence-electron chi connectivity index (χ2n) is 2.89. The van der Waals surface area contributed by atoms with Gasteiger partial charge in [-0.15, -0.1) is 0 Å². The lowest BCUT2D eigenvalue weighted by atomic mass is 10.3. The maximum Gasteiger partial charge on any atom is 0.214 e. The summed E-state index contributed by atoms with van der Waals surface area (Å²) in [5.74, 6) is 0.639. The molecule has 0 fully saturated rings. The van der Waals surface area contributed by atoms with E-state index in [9.17, 15) is 0 Å². The van der Waals surface area contributed by atoms with Gasteiger partial charge in [-0.2, -0.15) is 0 Å². The highest BCUT2D eigenvalue weighted by molar-refractivity contribution is 5.45. The van der Waals surface area contributed by atoms with E-state index in [1.807, 2.05) is 12.1 Å². The monoisotopic (exact) mass is 166 g/mol. The van der Waals surface area contributed by atoms with Gasteiger partial charge in [0.25, 0.3) is 0 Å². The Hall–Kier alpha value is -1.25. The molecule has 0 aromatic carbocycles. The molecule has 0 aliphatic rings. The largest absolute Gasteiger partial charge is 0.481 e. The highest BCUT2D eigenvalue weighted by atomic mass is 16.5. The summed E-state index contributed by atoms with van der Waals surface area (Å²) in [5.41, 5.74) is 1.04. The first-order chi connectivity index (χ1) is 5.72. The molecule has 3 nitrogen and oxygen atoms in total. The SMILES string of the molecule is COc1cc(NC(C)C)ccn1. The lowest BCUT2D eigenvalue weighted by Crippen LogP contribution is -2.09. The zero-order valence-electron chi connectivity index (χ0n) is 7.66. The predicted octanol–water partition coefficient (Wildman–Crippen LogP) is 1.91. The smallest absolute Gasteiger partial charge is 0.214 e. The molecule has 0 spiro atoms.